The van der Waals surface area contributed by atoms with Gasteiger partial charge in [-0.15, -0.1) is 0 Å². The SMILES string of the molecule is Fc1cc(C(Br)c2ccc(Cl)c3ccccc23)ccc1Cl. The fourth-order valence-electron chi connectivity index (χ4n) is 2.36. The number of halogens is 4. The Labute approximate surface area is 140 Å². The van der Waals surface area contributed by atoms with Crippen molar-refractivity contribution in [2.45, 2.75) is 4.83 Å². The van der Waals surface area contributed by atoms with E-state index in [0.717, 1.165) is 21.9 Å². The zero-order valence-corrected chi connectivity index (χ0v) is 13.9. The maximum absolute atomic E-state index is 13.7. The van der Waals surface area contributed by atoms with Gasteiger partial charge in [0.25, 0.3) is 0 Å². The predicted octanol–water partition coefficient (Wildman–Crippen LogP) is 6.77. The number of hydrogen-bond acceptors (Lipinski definition) is 0. The molecule has 106 valence electrons. The van der Waals surface area contributed by atoms with Crippen molar-refractivity contribution < 1.29 is 4.39 Å². The van der Waals surface area contributed by atoms with E-state index in [1.165, 1.54) is 6.07 Å². The number of hydrogen-bond donors (Lipinski definition) is 0. The molecule has 0 nitrogen and oxygen atoms in total. The van der Waals surface area contributed by atoms with Gasteiger partial charge in [-0.2, -0.15) is 0 Å². The van der Waals surface area contributed by atoms with Crippen LogP contribution in [0.5, 0.6) is 0 Å². The van der Waals surface area contributed by atoms with Gasteiger partial charge in [0.15, 0.2) is 0 Å². The second-order valence-corrected chi connectivity index (χ2v) is 6.45. The molecule has 0 aliphatic carbocycles. The Kier molecular flexibility index (Phi) is 4.21. The van der Waals surface area contributed by atoms with Crippen LogP contribution < -0.4 is 0 Å². The molecule has 3 rings (SSSR count). The van der Waals surface area contributed by atoms with Crippen LogP contribution in [0.2, 0.25) is 10.0 Å². The van der Waals surface area contributed by atoms with Crippen LogP contribution in [-0.4, -0.2) is 0 Å². The second-order valence-electron chi connectivity index (χ2n) is 4.72. The summed E-state index contributed by atoms with van der Waals surface area (Å²) in [4.78, 5) is -0.133. The summed E-state index contributed by atoms with van der Waals surface area (Å²) >= 11 is 15.6. The minimum Gasteiger partial charge on any atom is -0.205 e. The van der Waals surface area contributed by atoms with E-state index in [9.17, 15) is 4.39 Å². The Morgan fingerprint density at radius 2 is 1.52 bits per heavy atom. The van der Waals surface area contributed by atoms with Gasteiger partial charge in [-0.3, -0.25) is 0 Å². The molecule has 1 unspecified atom stereocenters. The van der Waals surface area contributed by atoms with E-state index in [1.807, 2.05) is 42.5 Å². The lowest BCUT2D eigenvalue weighted by Gasteiger charge is -2.15. The van der Waals surface area contributed by atoms with Crippen molar-refractivity contribution in [2.75, 3.05) is 0 Å². The molecule has 0 amide bonds. The van der Waals surface area contributed by atoms with E-state index in [-0.39, 0.29) is 9.85 Å². The lowest BCUT2D eigenvalue weighted by atomic mass is 9.98. The molecular formula is C17H10BrCl2F. The first-order valence-electron chi connectivity index (χ1n) is 6.34. The average Bonchev–Trinajstić information content (AvgIpc) is 2.50. The Hall–Kier alpha value is -1.09. The molecule has 0 aliphatic heterocycles. The topological polar surface area (TPSA) is 0 Å². The normalized spacial score (nSPS) is 12.6. The van der Waals surface area contributed by atoms with Crippen molar-refractivity contribution in [1.29, 1.82) is 0 Å². The predicted molar refractivity (Wildman–Crippen MR) is 91.1 cm³/mol. The third-order valence-electron chi connectivity index (χ3n) is 3.41. The molecule has 0 saturated carbocycles. The van der Waals surface area contributed by atoms with Gasteiger partial charge < -0.3 is 0 Å². The van der Waals surface area contributed by atoms with Gasteiger partial charge in [-0.05, 0) is 34.7 Å². The average molecular weight is 384 g/mol. The number of benzene rings is 3. The van der Waals surface area contributed by atoms with Crippen molar-refractivity contribution in [2.24, 2.45) is 0 Å². The molecule has 0 bridgehead atoms. The molecule has 1 atom stereocenters. The van der Waals surface area contributed by atoms with Gasteiger partial charge in [-0.1, -0.05) is 75.5 Å². The van der Waals surface area contributed by atoms with Gasteiger partial charge in [0.05, 0.1) is 9.85 Å². The van der Waals surface area contributed by atoms with Crippen molar-refractivity contribution in [3.05, 3.63) is 81.6 Å². The van der Waals surface area contributed by atoms with E-state index < -0.39 is 5.82 Å². The molecule has 0 radical (unpaired) electrons. The Bertz CT molecular complexity index is 817. The molecule has 3 aromatic carbocycles. The van der Waals surface area contributed by atoms with Crippen LogP contribution in [0.1, 0.15) is 16.0 Å². The summed E-state index contributed by atoms with van der Waals surface area (Å²) in [7, 11) is 0. The first-order chi connectivity index (χ1) is 10.1. The van der Waals surface area contributed by atoms with Gasteiger partial charge in [0.1, 0.15) is 5.82 Å². The van der Waals surface area contributed by atoms with Crippen LogP contribution in [0.25, 0.3) is 10.8 Å². The number of rotatable bonds is 2. The van der Waals surface area contributed by atoms with Crippen molar-refractivity contribution in [3.8, 4) is 0 Å². The first-order valence-corrected chi connectivity index (χ1v) is 8.01. The molecule has 0 aromatic heterocycles. The van der Waals surface area contributed by atoms with Gasteiger partial charge in [0.2, 0.25) is 0 Å². The van der Waals surface area contributed by atoms with E-state index in [1.54, 1.807) is 6.07 Å². The summed E-state index contributed by atoms with van der Waals surface area (Å²) < 4.78 is 13.7. The van der Waals surface area contributed by atoms with Crippen LogP contribution in [0.4, 0.5) is 4.39 Å². The fraction of sp³-hybridized carbons (Fsp3) is 0.0588. The zero-order valence-electron chi connectivity index (χ0n) is 10.8. The maximum atomic E-state index is 13.7. The lowest BCUT2D eigenvalue weighted by molar-refractivity contribution is 0.626. The Balaban J connectivity index is 2.15. The molecular weight excluding hydrogens is 374 g/mol. The standard InChI is InChI=1S/C17H10BrCl2F/c18-17(10-5-7-15(20)16(21)9-10)13-6-8-14(19)12-4-2-1-3-11(12)13/h1-9,17H. The Morgan fingerprint density at radius 3 is 2.24 bits per heavy atom. The first kappa shape index (κ1) is 14.8. The molecule has 0 fully saturated rings. The van der Waals surface area contributed by atoms with Crippen molar-refractivity contribution in [1.82, 2.24) is 0 Å². The number of fused-ring (bicyclic) bond motifs is 1. The smallest absolute Gasteiger partial charge is 0.142 e. The molecule has 4 heteroatoms. The third-order valence-corrected chi connectivity index (χ3v) is 5.07. The summed E-state index contributed by atoms with van der Waals surface area (Å²) in [5, 5.41) is 2.86. The molecule has 21 heavy (non-hydrogen) atoms. The van der Waals surface area contributed by atoms with Gasteiger partial charge >= 0.3 is 0 Å². The lowest BCUT2D eigenvalue weighted by Crippen LogP contribution is -1.95. The fourth-order valence-corrected chi connectivity index (χ4v) is 3.39. The second kappa shape index (κ2) is 5.96. The summed E-state index contributed by atoms with van der Waals surface area (Å²) in [6, 6.07) is 16.5. The number of alkyl halides is 1. The third kappa shape index (κ3) is 2.80. The molecule has 0 spiro atoms. The van der Waals surface area contributed by atoms with Crippen LogP contribution in [0.15, 0.2) is 54.6 Å². The quantitative estimate of drug-likeness (QED) is 0.428. The van der Waals surface area contributed by atoms with E-state index >= 15 is 0 Å². The molecule has 3 aromatic rings. The minimum atomic E-state index is -0.420. The monoisotopic (exact) mass is 382 g/mol. The largest absolute Gasteiger partial charge is 0.205 e. The van der Waals surface area contributed by atoms with E-state index in [0.29, 0.717) is 5.02 Å². The summed E-state index contributed by atoms with van der Waals surface area (Å²) in [5.41, 5.74) is 1.85. The van der Waals surface area contributed by atoms with Gasteiger partial charge in [0, 0.05) is 10.4 Å². The molecule has 0 N–H and O–H groups in total. The van der Waals surface area contributed by atoms with Crippen LogP contribution in [0, 0.1) is 5.82 Å². The highest BCUT2D eigenvalue weighted by atomic mass is 79.9. The van der Waals surface area contributed by atoms with Crippen LogP contribution in [-0.2, 0) is 0 Å². The maximum Gasteiger partial charge on any atom is 0.142 e. The van der Waals surface area contributed by atoms with Crippen LogP contribution in [0.3, 0.4) is 0 Å². The summed E-state index contributed by atoms with van der Waals surface area (Å²) in [6.45, 7) is 0. The molecule has 0 saturated heterocycles. The van der Waals surface area contributed by atoms with Crippen molar-refractivity contribution >= 4 is 49.9 Å². The molecule has 0 heterocycles. The van der Waals surface area contributed by atoms with Gasteiger partial charge in [-0.25, -0.2) is 4.39 Å². The minimum absolute atomic E-state index is 0.124. The summed E-state index contributed by atoms with van der Waals surface area (Å²) in [6.07, 6.45) is 0. The zero-order chi connectivity index (χ0) is 15.0. The van der Waals surface area contributed by atoms with Crippen molar-refractivity contribution in [3.63, 3.8) is 0 Å². The summed E-state index contributed by atoms with van der Waals surface area (Å²) in [5.74, 6) is -0.420. The highest BCUT2D eigenvalue weighted by molar-refractivity contribution is 9.09. The Morgan fingerprint density at radius 1 is 0.857 bits per heavy atom. The van der Waals surface area contributed by atoms with E-state index in [2.05, 4.69) is 15.9 Å². The molecule has 0 aliphatic rings. The highest BCUT2D eigenvalue weighted by Gasteiger charge is 2.16. The van der Waals surface area contributed by atoms with Crippen LogP contribution >= 0.6 is 39.1 Å². The highest BCUT2D eigenvalue weighted by Crippen LogP contribution is 2.38. The van der Waals surface area contributed by atoms with E-state index in [4.69, 9.17) is 23.2 Å².